The summed E-state index contributed by atoms with van der Waals surface area (Å²) in [5, 5.41) is 33.5. The molecule has 0 spiro atoms. The number of carbonyl (C=O) groups is 2. The molecule has 0 amide bonds. The maximum Gasteiger partial charge on any atom is 0.309 e. The molecule has 4 fully saturated rings. The zero-order valence-electron chi connectivity index (χ0n) is 16.3. The zero-order chi connectivity index (χ0) is 19.9. The molecule has 3 saturated carbocycles. The maximum absolute atomic E-state index is 13.2. The van der Waals surface area contributed by atoms with Crippen molar-refractivity contribution in [3.63, 3.8) is 0 Å². The molecule has 4 aliphatic rings. The van der Waals surface area contributed by atoms with Crippen molar-refractivity contribution in [2.45, 2.75) is 76.5 Å². The van der Waals surface area contributed by atoms with Gasteiger partial charge in [0.2, 0.25) is 0 Å². The molecule has 10 unspecified atom stereocenters. The summed E-state index contributed by atoms with van der Waals surface area (Å²) in [4.78, 5) is 25.5. The van der Waals surface area contributed by atoms with Crippen LogP contribution >= 0.6 is 0 Å². The second-order valence-corrected chi connectivity index (χ2v) is 9.49. The van der Waals surface area contributed by atoms with Crippen LogP contribution in [0.1, 0.15) is 46.5 Å². The second-order valence-electron chi connectivity index (χ2n) is 9.49. The number of ether oxygens (including phenoxy) is 2. The lowest BCUT2D eigenvalue weighted by Gasteiger charge is -2.70. The first-order chi connectivity index (χ1) is 12.5. The quantitative estimate of drug-likeness (QED) is 0.564. The minimum atomic E-state index is -1.46. The van der Waals surface area contributed by atoms with Crippen LogP contribution in [0.2, 0.25) is 0 Å². The Bertz CT molecular complexity index is 679. The summed E-state index contributed by atoms with van der Waals surface area (Å²) in [6.07, 6.45) is -2.15. The maximum atomic E-state index is 13.2. The van der Waals surface area contributed by atoms with Gasteiger partial charge in [-0.25, -0.2) is 0 Å². The predicted molar refractivity (Wildman–Crippen MR) is 93.5 cm³/mol. The average Bonchev–Trinajstić information content (AvgIpc) is 2.59. The molecule has 3 aliphatic carbocycles. The molecule has 0 radical (unpaired) electrons. The molecule has 152 valence electrons. The number of hydrogen-bond acceptors (Lipinski definition) is 7. The molecular formula is C20H30O7. The summed E-state index contributed by atoms with van der Waals surface area (Å²) in [7, 11) is 1.47. The molecule has 1 saturated heterocycles. The molecule has 0 aromatic rings. The van der Waals surface area contributed by atoms with Crippen molar-refractivity contribution < 1.29 is 34.4 Å². The van der Waals surface area contributed by atoms with Crippen molar-refractivity contribution in [2.24, 2.45) is 28.6 Å². The van der Waals surface area contributed by atoms with E-state index < -0.39 is 58.7 Å². The van der Waals surface area contributed by atoms with E-state index in [-0.39, 0.29) is 18.1 Å². The minimum Gasteiger partial charge on any atom is -0.462 e. The van der Waals surface area contributed by atoms with E-state index in [0.29, 0.717) is 19.3 Å². The number of Topliss-reactive ketones (excluding diaryl/α,β-unsaturated/α-hetero) is 1. The van der Waals surface area contributed by atoms with Crippen LogP contribution in [0.25, 0.3) is 0 Å². The Kier molecular flexibility index (Phi) is 4.11. The molecule has 4 rings (SSSR count). The predicted octanol–water partition coefficient (Wildman–Crippen LogP) is 0.431. The normalized spacial score (nSPS) is 57.5. The van der Waals surface area contributed by atoms with Gasteiger partial charge in [-0.05, 0) is 25.2 Å². The highest BCUT2D eigenvalue weighted by atomic mass is 16.6. The van der Waals surface area contributed by atoms with Gasteiger partial charge in [0.15, 0.2) is 5.78 Å². The molecule has 7 nitrogen and oxygen atoms in total. The van der Waals surface area contributed by atoms with Gasteiger partial charge in [0, 0.05) is 29.8 Å². The second kappa shape index (κ2) is 5.75. The third kappa shape index (κ3) is 2.06. The molecule has 1 aliphatic heterocycles. The van der Waals surface area contributed by atoms with Crippen LogP contribution in [-0.4, -0.2) is 64.2 Å². The van der Waals surface area contributed by atoms with Crippen molar-refractivity contribution in [1.29, 1.82) is 0 Å². The lowest BCUT2D eigenvalue weighted by molar-refractivity contribution is -0.331. The number of esters is 1. The van der Waals surface area contributed by atoms with E-state index in [0.717, 1.165) is 0 Å². The van der Waals surface area contributed by atoms with Crippen LogP contribution in [0.3, 0.4) is 0 Å². The van der Waals surface area contributed by atoms with E-state index in [2.05, 4.69) is 0 Å². The number of ketones is 1. The van der Waals surface area contributed by atoms with Crippen LogP contribution in [0, 0.1) is 28.6 Å². The first-order valence-corrected chi connectivity index (χ1v) is 9.88. The van der Waals surface area contributed by atoms with Crippen molar-refractivity contribution in [3.05, 3.63) is 0 Å². The van der Waals surface area contributed by atoms with Crippen molar-refractivity contribution in [3.8, 4) is 0 Å². The van der Waals surface area contributed by atoms with E-state index in [1.807, 2.05) is 6.92 Å². The van der Waals surface area contributed by atoms with Crippen LogP contribution in [0.5, 0.6) is 0 Å². The highest BCUT2D eigenvalue weighted by Gasteiger charge is 2.77. The Balaban J connectivity index is 1.94. The van der Waals surface area contributed by atoms with Crippen LogP contribution in [0.4, 0.5) is 0 Å². The third-order valence-corrected chi connectivity index (χ3v) is 8.75. The molecule has 0 aromatic carbocycles. The summed E-state index contributed by atoms with van der Waals surface area (Å²) in [6.45, 7) is 5.41. The lowest BCUT2D eigenvalue weighted by atomic mass is 9.37. The summed E-state index contributed by atoms with van der Waals surface area (Å²) in [6, 6.07) is 0. The van der Waals surface area contributed by atoms with Crippen LogP contribution in [0.15, 0.2) is 0 Å². The third-order valence-electron chi connectivity index (χ3n) is 8.75. The summed E-state index contributed by atoms with van der Waals surface area (Å²) in [5.74, 6) is -2.07. The van der Waals surface area contributed by atoms with E-state index in [4.69, 9.17) is 9.47 Å². The van der Waals surface area contributed by atoms with Crippen molar-refractivity contribution in [2.75, 3.05) is 7.11 Å². The Morgan fingerprint density at radius 2 is 1.85 bits per heavy atom. The molecule has 10 atom stereocenters. The molecule has 27 heavy (non-hydrogen) atoms. The number of aliphatic hydroxyl groups is 3. The summed E-state index contributed by atoms with van der Waals surface area (Å²) >= 11 is 0. The summed E-state index contributed by atoms with van der Waals surface area (Å²) in [5.41, 5.74) is -3.49. The number of methoxy groups -OCH3 is 1. The fourth-order valence-electron chi connectivity index (χ4n) is 7.24. The van der Waals surface area contributed by atoms with Gasteiger partial charge in [0.05, 0.1) is 24.2 Å². The van der Waals surface area contributed by atoms with Gasteiger partial charge >= 0.3 is 5.97 Å². The van der Waals surface area contributed by atoms with Crippen molar-refractivity contribution in [1.82, 2.24) is 0 Å². The minimum absolute atomic E-state index is 0.132. The van der Waals surface area contributed by atoms with Gasteiger partial charge in [-0.3, -0.25) is 9.59 Å². The van der Waals surface area contributed by atoms with Gasteiger partial charge in [-0.15, -0.1) is 0 Å². The van der Waals surface area contributed by atoms with Crippen molar-refractivity contribution >= 4 is 11.8 Å². The SMILES string of the molecule is COC1C(O)C2C3(C)C(=O)C(O)CCC3CC3OC(=O)CC(O)(C1C)C32C. The summed E-state index contributed by atoms with van der Waals surface area (Å²) < 4.78 is 11.2. The first kappa shape index (κ1) is 19.3. The van der Waals surface area contributed by atoms with Crippen LogP contribution < -0.4 is 0 Å². The van der Waals surface area contributed by atoms with Gasteiger partial charge in [0.1, 0.15) is 12.2 Å². The smallest absolute Gasteiger partial charge is 0.309 e. The van der Waals surface area contributed by atoms with Gasteiger partial charge < -0.3 is 24.8 Å². The van der Waals surface area contributed by atoms with E-state index in [1.54, 1.807) is 13.8 Å². The largest absolute Gasteiger partial charge is 0.462 e. The molecule has 7 heteroatoms. The monoisotopic (exact) mass is 382 g/mol. The zero-order valence-corrected chi connectivity index (χ0v) is 16.3. The first-order valence-electron chi connectivity index (χ1n) is 9.88. The van der Waals surface area contributed by atoms with Gasteiger partial charge in [0.25, 0.3) is 0 Å². The lowest BCUT2D eigenvalue weighted by Crippen LogP contribution is -2.80. The Morgan fingerprint density at radius 3 is 2.48 bits per heavy atom. The fraction of sp³-hybridized carbons (Fsp3) is 0.900. The average molecular weight is 382 g/mol. The van der Waals surface area contributed by atoms with Gasteiger partial charge in [-0.2, -0.15) is 0 Å². The Morgan fingerprint density at radius 1 is 1.19 bits per heavy atom. The fourth-order valence-corrected chi connectivity index (χ4v) is 7.24. The molecule has 1 heterocycles. The molecule has 0 aromatic heterocycles. The number of fused-ring (bicyclic) bond motifs is 2. The Hall–Kier alpha value is -1.02. The number of rotatable bonds is 1. The molecular weight excluding hydrogens is 352 g/mol. The van der Waals surface area contributed by atoms with E-state index >= 15 is 0 Å². The Labute approximate surface area is 159 Å². The molecule has 0 bridgehead atoms. The standard InChI is InChI=1S/C20H30O7/c1-9-15(26-4)14(23)16-18(2)10(5-6-11(21)17(18)24)7-12-19(16,3)20(9,25)8-13(22)27-12/h9-12,14-16,21,23,25H,5-8H2,1-4H3. The number of aliphatic hydroxyl groups excluding tert-OH is 2. The highest BCUT2D eigenvalue weighted by molar-refractivity contribution is 5.90. The number of hydrogen-bond donors (Lipinski definition) is 3. The van der Waals surface area contributed by atoms with E-state index in [9.17, 15) is 24.9 Å². The van der Waals surface area contributed by atoms with Gasteiger partial charge in [-0.1, -0.05) is 20.8 Å². The number of carbonyl (C=O) groups excluding carboxylic acids is 2. The van der Waals surface area contributed by atoms with E-state index in [1.165, 1.54) is 7.11 Å². The topological polar surface area (TPSA) is 113 Å². The highest BCUT2D eigenvalue weighted by Crippen LogP contribution is 2.68. The van der Waals surface area contributed by atoms with Crippen LogP contribution in [-0.2, 0) is 19.1 Å². The molecule has 3 N–H and O–H groups in total.